The molecule has 0 aromatic heterocycles. The van der Waals surface area contributed by atoms with E-state index in [9.17, 15) is 4.79 Å². The van der Waals surface area contributed by atoms with Crippen molar-refractivity contribution in [2.45, 2.75) is 12.5 Å². The lowest BCUT2D eigenvalue weighted by Gasteiger charge is -2.05. The molecule has 1 unspecified atom stereocenters. The second-order valence-electron chi connectivity index (χ2n) is 2.97. The van der Waals surface area contributed by atoms with E-state index in [1.54, 1.807) is 0 Å². The fourth-order valence-corrected chi connectivity index (χ4v) is 1.02. The Bertz CT molecular complexity index is 292. The SMILES string of the molecule is [CH2]c1ccc(CC(N)C(=O)O)cc1. The maximum Gasteiger partial charge on any atom is 0.320 e. The van der Waals surface area contributed by atoms with Crippen LogP contribution in [0.15, 0.2) is 24.3 Å². The molecule has 0 amide bonds. The minimum absolute atomic E-state index is 0.357. The van der Waals surface area contributed by atoms with Crippen molar-refractivity contribution in [3.63, 3.8) is 0 Å². The molecular formula is C10H12NO2. The summed E-state index contributed by atoms with van der Waals surface area (Å²) in [6.07, 6.45) is 0.357. The van der Waals surface area contributed by atoms with E-state index in [-0.39, 0.29) is 0 Å². The summed E-state index contributed by atoms with van der Waals surface area (Å²) in [6.45, 7) is 3.73. The first kappa shape index (κ1) is 9.74. The zero-order chi connectivity index (χ0) is 9.84. The van der Waals surface area contributed by atoms with Crippen LogP contribution in [0.1, 0.15) is 11.1 Å². The van der Waals surface area contributed by atoms with Crippen LogP contribution in [-0.2, 0) is 11.2 Å². The zero-order valence-electron chi connectivity index (χ0n) is 7.23. The maximum absolute atomic E-state index is 10.4. The summed E-state index contributed by atoms with van der Waals surface area (Å²) in [4.78, 5) is 10.4. The molecule has 0 saturated carbocycles. The first-order chi connectivity index (χ1) is 6.09. The Hall–Kier alpha value is -1.35. The van der Waals surface area contributed by atoms with Gasteiger partial charge in [-0.15, -0.1) is 0 Å². The number of rotatable bonds is 3. The van der Waals surface area contributed by atoms with Gasteiger partial charge in [0.25, 0.3) is 0 Å². The summed E-state index contributed by atoms with van der Waals surface area (Å²) >= 11 is 0. The number of nitrogens with two attached hydrogens (primary N) is 1. The first-order valence-electron chi connectivity index (χ1n) is 3.99. The van der Waals surface area contributed by atoms with Gasteiger partial charge in [-0.05, 0) is 24.5 Å². The molecule has 0 aliphatic rings. The molecule has 3 N–H and O–H groups in total. The minimum Gasteiger partial charge on any atom is -0.480 e. The number of hydrogen-bond acceptors (Lipinski definition) is 2. The fraction of sp³-hybridized carbons (Fsp3) is 0.200. The van der Waals surface area contributed by atoms with E-state index in [1.807, 2.05) is 24.3 Å². The molecule has 0 spiro atoms. The van der Waals surface area contributed by atoms with Gasteiger partial charge in [-0.1, -0.05) is 24.3 Å². The summed E-state index contributed by atoms with van der Waals surface area (Å²) < 4.78 is 0. The molecule has 1 aromatic carbocycles. The first-order valence-corrected chi connectivity index (χ1v) is 3.99. The van der Waals surface area contributed by atoms with E-state index in [4.69, 9.17) is 10.8 Å². The molecule has 69 valence electrons. The van der Waals surface area contributed by atoms with E-state index in [0.717, 1.165) is 11.1 Å². The van der Waals surface area contributed by atoms with E-state index in [1.165, 1.54) is 0 Å². The predicted molar refractivity (Wildman–Crippen MR) is 50.2 cm³/mol. The van der Waals surface area contributed by atoms with Gasteiger partial charge in [0, 0.05) is 0 Å². The molecule has 0 saturated heterocycles. The molecule has 0 bridgehead atoms. The average Bonchev–Trinajstić information content (AvgIpc) is 2.08. The molecule has 1 rings (SSSR count). The lowest BCUT2D eigenvalue weighted by molar-refractivity contribution is -0.138. The lowest BCUT2D eigenvalue weighted by Crippen LogP contribution is -2.32. The normalized spacial score (nSPS) is 12.5. The zero-order valence-corrected chi connectivity index (χ0v) is 7.23. The Morgan fingerprint density at radius 2 is 2.00 bits per heavy atom. The van der Waals surface area contributed by atoms with E-state index < -0.39 is 12.0 Å². The van der Waals surface area contributed by atoms with Gasteiger partial charge in [0.05, 0.1) is 0 Å². The number of carboxylic acids is 1. The summed E-state index contributed by atoms with van der Waals surface area (Å²) in [6, 6.07) is 6.53. The third-order valence-electron chi connectivity index (χ3n) is 1.80. The summed E-state index contributed by atoms with van der Waals surface area (Å²) in [5.41, 5.74) is 7.20. The van der Waals surface area contributed by atoms with E-state index in [2.05, 4.69) is 6.92 Å². The van der Waals surface area contributed by atoms with Crippen molar-refractivity contribution in [3.05, 3.63) is 42.3 Å². The Labute approximate surface area is 77.2 Å². The summed E-state index contributed by atoms with van der Waals surface area (Å²) in [5.74, 6) is -0.973. The number of benzene rings is 1. The highest BCUT2D eigenvalue weighted by Gasteiger charge is 2.11. The smallest absolute Gasteiger partial charge is 0.320 e. The molecule has 0 aliphatic heterocycles. The number of hydrogen-bond donors (Lipinski definition) is 2. The second kappa shape index (κ2) is 4.05. The predicted octanol–water partition coefficient (Wildman–Crippen LogP) is 0.823. The van der Waals surface area contributed by atoms with Crippen molar-refractivity contribution < 1.29 is 9.90 Å². The van der Waals surface area contributed by atoms with Crippen LogP contribution in [0.3, 0.4) is 0 Å². The van der Waals surface area contributed by atoms with Crippen LogP contribution in [0.2, 0.25) is 0 Å². The van der Waals surface area contributed by atoms with Crippen LogP contribution < -0.4 is 5.73 Å². The monoisotopic (exact) mass is 178 g/mol. The van der Waals surface area contributed by atoms with Crippen LogP contribution >= 0.6 is 0 Å². The second-order valence-corrected chi connectivity index (χ2v) is 2.97. The van der Waals surface area contributed by atoms with Gasteiger partial charge in [-0.25, -0.2) is 0 Å². The lowest BCUT2D eigenvalue weighted by atomic mass is 10.1. The van der Waals surface area contributed by atoms with E-state index >= 15 is 0 Å². The molecule has 0 heterocycles. The topological polar surface area (TPSA) is 63.3 Å². The van der Waals surface area contributed by atoms with Crippen LogP contribution in [0, 0.1) is 6.92 Å². The van der Waals surface area contributed by atoms with Gasteiger partial charge >= 0.3 is 5.97 Å². The third kappa shape index (κ3) is 2.87. The Kier molecular flexibility index (Phi) is 3.03. The van der Waals surface area contributed by atoms with Gasteiger partial charge in [0.1, 0.15) is 6.04 Å². The highest BCUT2D eigenvalue weighted by molar-refractivity contribution is 5.73. The molecule has 13 heavy (non-hydrogen) atoms. The summed E-state index contributed by atoms with van der Waals surface area (Å²) in [7, 11) is 0. The van der Waals surface area contributed by atoms with Crippen molar-refractivity contribution in [2.24, 2.45) is 5.73 Å². The largest absolute Gasteiger partial charge is 0.480 e. The highest BCUT2D eigenvalue weighted by Crippen LogP contribution is 2.05. The van der Waals surface area contributed by atoms with Gasteiger partial charge in [0.2, 0.25) is 0 Å². The average molecular weight is 178 g/mol. The number of carboxylic acid groups (broad SMARTS) is 1. The van der Waals surface area contributed by atoms with Gasteiger partial charge in [-0.3, -0.25) is 4.79 Å². The molecule has 1 aromatic rings. The van der Waals surface area contributed by atoms with Crippen molar-refractivity contribution in [1.29, 1.82) is 0 Å². The van der Waals surface area contributed by atoms with Crippen LogP contribution in [0.25, 0.3) is 0 Å². The number of carbonyl (C=O) groups is 1. The molecular weight excluding hydrogens is 166 g/mol. The highest BCUT2D eigenvalue weighted by atomic mass is 16.4. The van der Waals surface area contributed by atoms with Crippen molar-refractivity contribution >= 4 is 5.97 Å². The van der Waals surface area contributed by atoms with Crippen LogP contribution in [-0.4, -0.2) is 17.1 Å². The van der Waals surface area contributed by atoms with Crippen molar-refractivity contribution in [2.75, 3.05) is 0 Å². The van der Waals surface area contributed by atoms with Gasteiger partial charge < -0.3 is 10.8 Å². The molecule has 1 radical (unpaired) electrons. The van der Waals surface area contributed by atoms with E-state index in [0.29, 0.717) is 6.42 Å². The molecule has 0 aliphatic carbocycles. The van der Waals surface area contributed by atoms with Crippen LogP contribution in [0.4, 0.5) is 0 Å². The van der Waals surface area contributed by atoms with Crippen molar-refractivity contribution in [3.8, 4) is 0 Å². The molecule has 3 nitrogen and oxygen atoms in total. The fourth-order valence-electron chi connectivity index (χ4n) is 1.02. The summed E-state index contributed by atoms with van der Waals surface area (Å²) in [5, 5.41) is 8.56. The number of aliphatic carboxylic acids is 1. The molecule has 3 heteroatoms. The van der Waals surface area contributed by atoms with Gasteiger partial charge in [0.15, 0.2) is 0 Å². The van der Waals surface area contributed by atoms with Crippen LogP contribution in [0.5, 0.6) is 0 Å². The Balaban J connectivity index is 2.64. The maximum atomic E-state index is 10.4. The molecule has 0 fully saturated rings. The third-order valence-corrected chi connectivity index (χ3v) is 1.80. The molecule has 1 atom stereocenters. The quantitative estimate of drug-likeness (QED) is 0.720. The minimum atomic E-state index is -0.973. The Morgan fingerprint density at radius 3 is 2.46 bits per heavy atom. The van der Waals surface area contributed by atoms with Gasteiger partial charge in [-0.2, -0.15) is 0 Å². The van der Waals surface area contributed by atoms with Crippen molar-refractivity contribution in [1.82, 2.24) is 0 Å². The Morgan fingerprint density at radius 1 is 1.46 bits per heavy atom. The standard InChI is InChI=1S/C10H12NO2/c1-7-2-4-8(5-3-7)6-9(11)10(12)13/h2-5,9H,1,6,11H2,(H,12,13).